The summed E-state index contributed by atoms with van der Waals surface area (Å²) >= 11 is 0. The lowest BCUT2D eigenvalue weighted by Gasteiger charge is -2.65. The van der Waals surface area contributed by atoms with Gasteiger partial charge in [-0.25, -0.2) is 0 Å². The molecular formula is C24H30N2O5. The summed E-state index contributed by atoms with van der Waals surface area (Å²) in [4.78, 5) is 28.6. The monoisotopic (exact) mass is 426 g/mol. The Morgan fingerprint density at radius 2 is 1.90 bits per heavy atom. The van der Waals surface area contributed by atoms with Crippen LogP contribution in [0.3, 0.4) is 0 Å². The summed E-state index contributed by atoms with van der Waals surface area (Å²) in [6.45, 7) is 5.06. The molecule has 6 aliphatic rings. The quantitative estimate of drug-likeness (QED) is 0.741. The Labute approximate surface area is 182 Å². The average Bonchev–Trinajstić information content (AvgIpc) is 3.12. The van der Waals surface area contributed by atoms with Gasteiger partial charge in [-0.05, 0) is 36.8 Å². The summed E-state index contributed by atoms with van der Waals surface area (Å²) in [6, 6.07) is 8.04. The van der Waals surface area contributed by atoms with E-state index >= 15 is 0 Å². The van der Waals surface area contributed by atoms with E-state index in [2.05, 4.69) is 17.9 Å². The van der Waals surface area contributed by atoms with Gasteiger partial charge in [0.2, 0.25) is 0 Å². The van der Waals surface area contributed by atoms with Crippen molar-refractivity contribution in [3.63, 3.8) is 0 Å². The van der Waals surface area contributed by atoms with Crippen molar-refractivity contribution in [2.45, 2.75) is 75.6 Å². The fourth-order valence-corrected chi connectivity index (χ4v) is 8.47. The Hall–Kier alpha value is -2.12. The second-order valence-electron chi connectivity index (χ2n) is 10.1. The van der Waals surface area contributed by atoms with Crippen LogP contribution in [0.1, 0.15) is 45.6 Å². The van der Waals surface area contributed by atoms with Crippen molar-refractivity contribution >= 4 is 17.6 Å². The van der Waals surface area contributed by atoms with Crippen LogP contribution in [0.4, 0.5) is 5.69 Å². The minimum absolute atomic E-state index is 0.111. The number of likely N-dealkylation sites (N-methyl/N-ethyl adjacent to an activating group) is 1. The van der Waals surface area contributed by atoms with E-state index in [1.165, 1.54) is 13.8 Å². The number of anilines is 1. The molecule has 0 radical (unpaired) electrons. The average molecular weight is 427 g/mol. The Bertz CT molecular complexity index is 982. The van der Waals surface area contributed by atoms with Crippen molar-refractivity contribution < 1.29 is 24.2 Å². The number of fused-ring (bicyclic) bond motifs is 2. The highest BCUT2D eigenvalue weighted by Crippen LogP contribution is 2.72. The van der Waals surface area contributed by atoms with E-state index in [9.17, 15) is 14.7 Å². The highest BCUT2D eigenvalue weighted by Gasteiger charge is 2.83. The zero-order valence-electron chi connectivity index (χ0n) is 18.4. The molecule has 7 heteroatoms. The maximum atomic E-state index is 12.6. The van der Waals surface area contributed by atoms with Gasteiger partial charge >= 0.3 is 11.9 Å². The van der Waals surface area contributed by atoms with Gasteiger partial charge in [-0.15, -0.1) is 0 Å². The number of piperidine rings is 4. The normalized spacial score (nSPS) is 47.8. The van der Waals surface area contributed by atoms with Gasteiger partial charge in [0.25, 0.3) is 0 Å². The van der Waals surface area contributed by atoms with Gasteiger partial charge in [0.05, 0.1) is 11.5 Å². The van der Waals surface area contributed by atoms with E-state index in [4.69, 9.17) is 9.47 Å². The zero-order valence-corrected chi connectivity index (χ0v) is 18.4. The molecule has 2 unspecified atom stereocenters. The van der Waals surface area contributed by atoms with Crippen LogP contribution in [0.15, 0.2) is 24.3 Å². The summed E-state index contributed by atoms with van der Waals surface area (Å²) in [5, 5.41) is 12.6. The van der Waals surface area contributed by atoms with Crippen LogP contribution < -0.4 is 4.90 Å². The van der Waals surface area contributed by atoms with Crippen LogP contribution >= 0.6 is 0 Å². The third-order valence-electron chi connectivity index (χ3n) is 9.18. The minimum Gasteiger partial charge on any atom is -0.461 e. The second-order valence-corrected chi connectivity index (χ2v) is 10.1. The zero-order chi connectivity index (χ0) is 21.9. The predicted molar refractivity (Wildman–Crippen MR) is 112 cm³/mol. The number of carbonyl (C=O) groups is 2. The highest BCUT2D eigenvalue weighted by molar-refractivity contribution is 5.71. The molecule has 166 valence electrons. The van der Waals surface area contributed by atoms with Crippen LogP contribution in [0, 0.1) is 17.8 Å². The number of esters is 2. The number of nitrogens with zero attached hydrogens (tertiary/aromatic N) is 2. The lowest BCUT2D eigenvalue weighted by molar-refractivity contribution is -0.257. The molecule has 7 rings (SSSR count). The molecule has 5 bridgehead atoms. The molecule has 1 aromatic rings. The van der Waals surface area contributed by atoms with Crippen molar-refractivity contribution in [1.29, 1.82) is 0 Å². The van der Waals surface area contributed by atoms with Crippen LogP contribution in [0.25, 0.3) is 0 Å². The first-order valence-corrected chi connectivity index (χ1v) is 11.4. The molecule has 5 aliphatic heterocycles. The molecule has 5 heterocycles. The number of benzene rings is 1. The van der Waals surface area contributed by atoms with Crippen LogP contribution in [0.2, 0.25) is 0 Å². The number of para-hydroxylation sites is 1. The number of hydrogen-bond acceptors (Lipinski definition) is 7. The van der Waals surface area contributed by atoms with Gasteiger partial charge < -0.3 is 19.5 Å². The van der Waals surface area contributed by atoms with Gasteiger partial charge in [0.15, 0.2) is 12.0 Å². The Balaban J connectivity index is 1.60. The molecule has 7 nitrogen and oxygen atoms in total. The standard InChI is InChI=1S/C24H30N2O5/c1-5-14-15-10-19-24(29)23(16-8-6-7-9-17(16)25(24)4)11-18(20(15)21(23)30-12(2)27)26(19)22(14)31-13(3)28/h6-9,14-15,18-22,29H,5,10-11H2,1-4H3/t14-,15-,18-,19-,20+,21+,22+,23?,24-/m0/s1. The Morgan fingerprint density at radius 1 is 1.19 bits per heavy atom. The lowest BCUT2D eigenvalue weighted by atomic mass is 9.61. The summed E-state index contributed by atoms with van der Waals surface area (Å²) in [7, 11) is 1.94. The van der Waals surface area contributed by atoms with Crippen molar-refractivity contribution in [3.05, 3.63) is 29.8 Å². The van der Waals surface area contributed by atoms with Crippen molar-refractivity contribution in [2.24, 2.45) is 17.8 Å². The molecule has 0 amide bonds. The summed E-state index contributed by atoms with van der Waals surface area (Å²) in [5.41, 5.74) is 0.138. The predicted octanol–water partition coefficient (Wildman–Crippen LogP) is 2.02. The number of rotatable bonds is 3. The molecule has 1 N–H and O–H groups in total. The third kappa shape index (κ3) is 1.99. The van der Waals surface area contributed by atoms with E-state index in [1.807, 2.05) is 30.1 Å². The topological polar surface area (TPSA) is 79.3 Å². The molecule has 0 aromatic heterocycles. The fourth-order valence-electron chi connectivity index (χ4n) is 8.47. The number of hydrogen-bond donors (Lipinski definition) is 1. The summed E-state index contributed by atoms with van der Waals surface area (Å²) in [6.07, 6.45) is 1.63. The molecule has 1 aliphatic carbocycles. The Morgan fingerprint density at radius 3 is 2.58 bits per heavy atom. The van der Waals surface area contributed by atoms with Gasteiger partial charge in [-0.3, -0.25) is 14.5 Å². The molecule has 5 fully saturated rings. The largest absolute Gasteiger partial charge is 0.461 e. The summed E-state index contributed by atoms with van der Waals surface area (Å²) in [5.74, 6) is -0.0840. The molecular weight excluding hydrogens is 396 g/mol. The van der Waals surface area contributed by atoms with Crippen molar-refractivity contribution in [3.8, 4) is 0 Å². The molecule has 10 atom stereocenters. The Kier molecular flexibility index (Phi) is 3.79. The van der Waals surface area contributed by atoms with E-state index < -0.39 is 17.2 Å². The first kappa shape index (κ1) is 19.6. The fraction of sp³-hybridized carbons (Fsp3) is 0.667. The van der Waals surface area contributed by atoms with Crippen LogP contribution in [0.5, 0.6) is 0 Å². The van der Waals surface area contributed by atoms with Gasteiger partial charge in [-0.1, -0.05) is 25.1 Å². The molecule has 4 saturated heterocycles. The first-order chi connectivity index (χ1) is 14.8. The van der Waals surface area contributed by atoms with Gasteiger partial charge in [0.1, 0.15) is 6.10 Å². The maximum absolute atomic E-state index is 12.6. The number of aliphatic hydroxyl groups is 1. The second kappa shape index (κ2) is 6.01. The SMILES string of the molecule is CC[C@H]1[C@@H]2C[C@@H]3N([C@@H]1OC(C)=O)[C@H]1CC4(c5ccccc5N(C)[C@]34O)[C@H](OC(C)=O)[C@H]21. The highest BCUT2D eigenvalue weighted by atomic mass is 16.6. The molecule has 1 aromatic carbocycles. The van der Waals surface area contributed by atoms with E-state index in [-0.39, 0.29) is 48.0 Å². The van der Waals surface area contributed by atoms with E-state index in [0.717, 1.165) is 24.1 Å². The van der Waals surface area contributed by atoms with Crippen LogP contribution in [-0.2, 0) is 24.5 Å². The lowest BCUT2D eigenvalue weighted by Crippen LogP contribution is -2.78. The van der Waals surface area contributed by atoms with Crippen LogP contribution in [-0.4, -0.2) is 59.1 Å². The number of carbonyl (C=O) groups excluding carboxylic acids is 2. The van der Waals surface area contributed by atoms with Crippen molar-refractivity contribution in [2.75, 3.05) is 11.9 Å². The van der Waals surface area contributed by atoms with E-state index in [1.54, 1.807) is 0 Å². The molecule has 1 saturated carbocycles. The summed E-state index contributed by atoms with van der Waals surface area (Å²) < 4.78 is 12.0. The van der Waals surface area contributed by atoms with Gasteiger partial charge in [0, 0.05) is 44.5 Å². The maximum Gasteiger partial charge on any atom is 0.304 e. The molecule has 31 heavy (non-hydrogen) atoms. The number of ether oxygens (including phenoxy) is 2. The third-order valence-corrected chi connectivity index (χ3v) is 9.18. The van der Waals surface area contributed by atoms with Crippen molar-refractivity contribution in [1.82, 2.24) is 4.90 Å². The van der Waals surface area contributed by atoms with Gasteiger partial charge in [-0.2, -0.15) is 0 Å². The minimum atomic E-state index is -1.24. The molecule has 1 spiro atoms. The smallest absolute Gasteiger partial charge is 0.304 e. The van der Waals surface area contributed by atoms with E-state index in [0.29, 0.717) is 6.42 Å². The first-order valence-electron chi connectivity index (χ1n) is 11.4.